The quantitative estimate of drug-likeness (QED) is 0.870. The molecule has 7 heteroatoms. The number of carbonyl (C=O) groups is 3. The zero-order valence-corrected chi connectivity index (χ0v) is 13.6. The highest BCUT2D eigenvalue weighted by Gasteiger charge is 2.43. The third-order valence-electron chi connectivity index (χ3n) is 4.40. The van der Waals surface area contributed by atoms with Crippen LogP contribution < -0.4 is 10.2 Å². The SMILES string of the molecule is CC(=O)N1CCc2cc(C(=O)NC3(C(=O)O)CCSC3)ccc21. The van der Waals surface area contributed by atoms with Crippen molar-refractivity contribution < 1.29 is 19.5 Å². The van der Waals surface area contributed by atoms with Crippen LogP contribution in [0.5, 0.6) is 0 Å². The zero-order valence-electron chi connectivity index (χ0n) is 12.8. The lowest BCUT2D eigenvalue weighted by atomic mass is 9.98. The summed E-state index contributed by atoms with van der Waals surface area (Å²) in [4.78, 5) is 37.2. The molecule has 2 N–H and O–H groups in total. The van der Waals surface area contributed by atoms with E-state index in [0.717, 1.165) is 17.0 Å². The number of thioether (sulfide) groups is 1. The van der Waals surface area contributed by atoms with Gasteiger partial charge in [-0.15, -0.1) is 0 Å². The minimum absolute atomic E-state index is 0.0197. The maximum Gasteiger partial charge on any atom is 0.330 e. The Morgan fingerprint density at radius 1 is 1.35 bits per heavy atom. The summed E-state index contributed by atoms with van der Waals surface area (Å²) in [5, 5.41) is 12.1. The number of carboxylic acids is 1. The molecule has 3 rings (SSSR count). The summed E-state index contributed by atoms with van der Waals surface area (Å²) in [6.45, 7) is 2.13. The minimum Gasteiger partial charge on any atom is -0.479 e. The van der Waals surface area contributed by atoms with Crippen molar-refractivity contribution in [2.24, 2.45) is 0 Å². The van der Waals surface area contributed by atoms with Crippen molar-refractivity contribution in [2.45, 2.75) is 25.3 Å². The number of anilines is 1. The fourth-order valence-corrected chi connectivity index (χ4v) is 4.37. The van der Waals surface area contributed by atoms with Gasteiger partial charge in [-0.05, 0) is 42.4 Å². The fraction of sp³-hybridized carbons (Fsp3) is 0.438. The van der Waals surface area contributed by atoms with Crippen LogP contribution in [0, 0.1) is 0 Å². The predicted molar refractivity (Wildman–Crippen MR) is 87.9 cm³/mol. The second-order valence-electron chi connectivity index (χ2n) is 5.91. The lowest BCUT2D eigenvalue weighted by molar-refractivity contribution is -0.143. The number of hydrogen-bond donors (Lipinski definition) is 2. The van der Waals surface area contributed by atoms with Gasteiger partial charge in [0, 0.05) is 30.5 Å². The van der Waals surface area contributed by atoms with Crippen LogP contribution in [0.2, 0.25) is 0 Å². The molecule has 1 fully saturated rings. The largest absolute Gasteiger partial charge is 0.479 e. The summed E-state index contributed by atoms with van der Waals surface area (Å²) >= 11 is 1.53. The van der Waals surface area contributed by atoms with Crippen LogP contribution in [-0.2, 0) is 16.0 Å². The number of amides is 2. The van der Waals surface area contributed by atoms with Gasteiger partial charge in [-0.2, -0.15) is 11.8 Å². The highest BCUT2D eigenvalue weighted by molar-refractivity contribution is 7.99. The van der Waals surface area contributed by atoms with Crippen molar-refractivity contribution in [1.82, 2.24) is 5.32 Å². The Labute approximate surface area is 138 Å². The molecule has 1 aromatic carbocycles. The van der Waals surface area contributed by atoms with Gasteiger partial charge < -0.3 is 15.3 Å². The number of carbonyl (C=O) groups excluding carboxylic acids is 2. The molecule has 1 atom stereocenters. The zero-order chi connectivity index (χ0) is 16.6. The highest BCUT2D eigenvalue weighted by Crippen LogP contribution is 2.31. The standard InChI is InChI=1S/C16H18N2O4S/c1-10(19)18-6-4-11-8-12(2-3-13(11)18)14(20)17-16(15(21)22)5-7-23-9-16/h2-3,8H,4-7,9H2,1H3,(H,17,20)(H,21,22). The molecule has 23 heavy (non-hydrogen) atoms. The Hall–Kier alpha value is -2.02. The molecule has 2 heterocycles. The number of carboxylic acid groups (broad SMARTS) is 1. The van der Waals surface area contributed by atoms with E-state index in [9.17, 15) is 19.5 Å². The molecule has 0 radical (unpaired) electrons. The molecule has 2 aliphatic rings. The Bertz CT molecular complexity index is 683. The van der Waals surface area contributed by atoms with Crippen molar-refractivity contribution in [1.29, 1.82) is 0 Å². The molecule has 0 spiro atoms. The molecular weight excluding hydrogens is 316 g/mol. The molecule has 0 aliphatic carbocycles. The van der Waals surface area contributed by atoms with Crippen molar-refractivity contribution in [3.8, 4) is 0 Å². The van der Waals surface area contributed by atoms with Crippen LogP contribution in [0.3, 0.4) is 0 Å². The molecular formula is C16H18N2O4S. The van der Waals surface area contributed by atoms with Crippen molar-refractivity contribution in [3.63, 3.8) is 0 Å². The van der Waals surface area contributed by atoms with E-state index in [1.807, 2.05) is 0 Å². The smallest absolute Gasteiger partial charge is 0.330 e. The van der Waals surface area contributed by atoms with Gasteiger partial charge in [0.1, 0.15) is 5.54 Å². The maximum absolute atomic E-state index is 12.5. The van der Waals surface area contributed by atoms with Crippen molar-refractivity contribution in [2.75, 3.05) is 23.0 Å². The first-order valence-electron chi connectivity index (χ1n) is 7.48. The van der Waals surface area contributed by atoms with E-state index in [2.05, 4.69) is 5.32 Å². The number of fused-ring (bicyclic) bond motifs is 1. The van der Waals surface area contributed by atoms with Crippen LogP contribution in [0.1, 0.15) is 29.3 Å². The third-order valence-corrected chi connectivity index (χ3v) is 5.59. The number of nitrogens with one attached hydrogen (secondary N) is 1. The van der Waals surface area contributed by atoms with E-state index < -0.39 is 11.5 Å². The summed E-state index contributed by atoms with van der Waals surface area (Å²) in [5.41, 5.74) is 1.04. The minimum atomic E-state index is -1.17. The van der Waals surface area contributed by atoms with Gasteiger partial charge in [-0.25, -0.2) is 4.79 Å². The first-order chi connectivity index (χ1) is 10.9. The third kappa shape index (κ3) is 2.81. The van der Waals surface area contributed by atoms with Crippen LogP contribution in [0.4, 0.5) is 5.69 Å². The fourth-order valence-electron chi connectivity index (χ4n) is 3.05. The Morgan fingerprint density at radius 3 is 2.74 bits per heavy atom. The number of hydrogen-bond acceptors (Lipinski definition) is 4. The van der Waals surface area contributed by atoms with E-state index in [4.69, 9.17) is 0 Å². The van der Waals surface area contributed by atoms with E-state index in [1.165, 1.54) is 18.7 Å². The molecule has 6 nitrogen and oxygen atoms in total. The summed E-state index contributed by atoms with van der Waals surface area (Å²) < 4.78 is 0. The van der Waals surface area contributed by atoms with Crippen molar-refractivity contribution in [3.05, 3.63) is 29.3 Å². The summed E-state index contributed by atoms with van der Waals surface area (Å²) in [6, 6.07) is 5.16. The number of benzene rings is 1. The van der Waals surface area contributed by atoms with E-state index in [0.29, 0.717) is 30.7 Å². The maximum atomic E-state index is 12.5. The van der Waals surface area contributed by atoms with Crippen LogP contribution in [0.25, 0.3) is 0 Å². The first kappa shape index (κ1) is 15.9. The Kier molecular flexibility index (Phi) is 4.06. The molecule has 0 saturated carbocycles. The summed E-state index contributed by atoms with van der Waals surface area (Å²) in [5.74, 6) is -0.269. The lowest BCUT2D eigenvalue weighted by Crippen LogP contribution is -2.54. The lowest BCUT2D eigenvalue weighted by Gasteiger charge is -2.24. The first-order valence-corrected chi connectivity index (χ1v) is 8.63. The van der Waals surface area contributed by atoms with E-state index in [-0.39, 0.29) is 11.8 Å². The van der Waals surface area contributed by atoms with Crippen molar-refractivity contribution >= 4 is 35.2 Å². The van der Waals surface area contributed by atoms with Gasteiger partial charge >= 0.3 is 5.97 Å². The van der Waals surface area contributed by atoms with E-state index >= 15 is 0 Å². The van der Waals surface area contributed by atoms with Gasteiger partial charge in [0.25, 0.3) is 5.91 Å². The molecule has 1 aromatic rings. The Morgan fingerprint density at radius 2 is 2.13 bits per heavy atom. The summed E-state index contributed by atoms with van der Waals surface area (Å²) in [7, 11) is 0. The van der Waals surface area contributed by atoms with Gasteiger partial charge in [0.05, 0.1) is 0 Å². The Balaban J connectivity index is 1.81. The molecule has 122 valence electrons. The topological polar surface area (TPSA) is 86.7 Å². The van der Waals surface area contributed by atoms with E-state index in [1.54, 1.807) is 23.1 Å². The molecule has 2 amide bonds. The van der Waals surface area contributed by atoms with Gasteiger partial charge in [-0.1, -0.05) is 0 Å². The highest BCUT2D eigenvalue weighted by atomic mass is 32.2. The normalized spacial score (nSPS) is 22.7. The second-order valence-corrected chi connectivity index (χ2v) is 7.01. The van der Waals surface area contributed by atoms with Gasteiger partial charge in [0.2, 0.25) is 5.91 Å². The summed E-state index contributed by atoms with van der Waals surface area (Å²) in [6.07, 6.45) is 1.14. The second kappa shape index (κ2) is 5.88. The molecule has 2 aliphatic heterocycles. The number of aliphatic carboxylic acids is 1. The van der Waals surface area contributed by atoms with Crippen LogP contribution in [0.15, 0.2) is 18.2 Å². The molecule has 1 saturated heterocycles. The monoisotopic (exact) mass is 334 g/mol. The van der Waals surface area contributed by atoms with Crippen LogP contribution >= 0.6 is 11.8 Å². The van der Waals surface area contributed by atoms with Gasteiger partial charge in [0.15, 0.2) is 0 Å². The van der Waals surface area contributed by atoms with Gasteiger partial charge in [-0.3, -0.25) is 9.59 Å². The molecule has 1 unspecified atom stereocenters. The average Bonchev–Trinajstić information content (AvgIpc) is 3.13. The number of rotatable bonds is 3. The predicted octanol–water partition coefficient (Wildman–Crippen LogP) is 1.29. The van der Waals surface area contributed by atoms with Crippen LogP contribution in [-0.4, -0.2) is 46.5 Å². The average molecular weight is 334 g/mol. The molecule has 0 bridgehead atoms. The molecule has 0 aromatic heterocycles. The number of nitrogens with zero attached hydrogens (tertiary/aromatic N) is 1.